The summed E-state index contributed by atoms with van der Waals surface area (Å²) < 4.78 is 59.3. The molecule has 7 nitrogen and oxygen atoms in total. The van der Waals surface area contributed by atoms with Gasteiger partial charge in [0.05, 0.1) is 25.0 Å². The van der Waals surface area contributed by atoms with E-state index in [0.29, 0.717) is 46.5 Å². The van der Waals surface area contributed by atoms with E-state index in [0.717, 1.165) is 12.1 Å². The zero-order valence-corrected chi connectivity index (χ0v) is 20.1. The van der Waals surface area contributed by atoms with Gasteiger partial charge in [0.25, 0.3) is 5.56 Å². The van der Waals surface area contributed by atoms with Crippen LogP contribution in [0, 0.1) is 0 Å². The van der Waals surface area contributed by atoms with Crippen molar-refractivity contribution >= 4 is 28.4 Å². The summed E-state index contributed by atoms with van der Waals surface area (Å²) in [7, 11) is 3.10. The smallest absolute Gasteiger partial charge is 0.493 e. The average molecular weight is 519 g/mol. The van der Waals surface area contributed by atoms with Crippen LogP contribution >= 0.6 is 11.3 Å². The molecule has 4 aromatic rings. The standard InChI is InChI=1S/C25H21F3N2O5S/c1-32-13-14-34-22-17(4-3-5-20(22)33-2)8-11-19-21(23(31)30-12-15-36-24(30)29-19)16-6-9-18(10-7-16)35-25(26,27)28/h3-12,15H,13-14H2,1-2H3/b11-8+. The highest BCUT2D eigenvalue weighted by Crippen LogP contribution is 2.33. The van der Waals surface area contributed by atoms with Gasteiger partial charge in [0.2, 0.25) is 0 Å². The molecule has 0 aliphatic carbocycles. The van der Waals surface area contributed by atoms with Gasteiger partial charge in [0.15, 0.2) is 16.5 Å². The molecule has 2 aromatic heterocycles. The van der Waals surface area contributed by atoms with Gasteiger partial charge in [-0.3, -0.25) is 9.20 Å². The molecule has 11 heteroatoms. The first-order chi connectivity index (χ1) is 17.3. The fourth-order valence-electron chi connectivity index (χ4n) is 3.49. The van der Waals surface area contributed by atoms with E-state index in [-0.39, 0.29) is 16.9 Å². The third kappa shape index (κ3) is 5.69. The number of benzene rings is 2. The maximum Gasteiger partial charge on any atom is 0.573 e. The van der Waals surface area contributed by atoms with E-state index < -0.39 is 6.36 Å². The molecule has 0 saturated heterocycles. The van der Waals surface area contributed by atoms with Gasteiger partial charge in [-0.1, -0.05) is 24.3 Å². The fraction of sp³-hybridized carbons (Fsp3) is 0.200. The maximum absolute atomic E-state index is 13.3. The Morgan fingerprint density at radius 3 is 2.53 bits per heavy atom. The molecule has 2 aromatic carbocycles. The largest absolute Gasteiger partial charge is 0.573 e. The van der Waals surface area contributed by atoms with Gasteiger partial charge in [-0.2, -0.15) is 0 Å². The van der Waals surface area contributed by atoms with Crippen molar-refractivity contribution in [3.63, 3.8) is 0 Å². The number of thiazole rings is 1. The van der Waals surface area contributed by atoms with Gasteiger partial charge in [-0.15, -0.1) is 24.5 Å². The summed E-state index contributed by atoms with van der Waals surface area (Å²) in [4.78, 5) is 18.4. The van der Waals surface area contributed by atoms with Crippen LogP contribution in [0.25, 0.3) is 28.2 Å². The van der Waals surface area contributed by atoms with E-state index in [1.165, 1.54) is 35.0 Å². The van der Waals surface area contributed by atoms with Crippen LogP contribution in [-0.4, -0.2) is 43.2 Å². The third-order valence-electron chi connectivity index (χ3n) is 5.05. The quantitative estimate of drug-likeness (QED) is 0.272. The van der Waals surface area contributed by atoms with Crippen molar-refractivity contribution in [2.45, 2.75) is 6.36 Å². The van der Waals surface area contributed by atoms with E-state index in [2.05, 4.69) is 9.72 Å². The van der Waals surface area contributed by atoms with Gasteiger partial charge < -0.3 is 18.9 Å². The molecule has 4 rings (SSSR count). The van der Waals surface area contributed by atoms with Crippen molar-refractivity contribution in [2.24, 2.45) is 0 Å². The molecule has 0 fully saturated rings. The van der Waals surface area contributed by atoms with E-state index in [1.807, 2.05) is 6.07 Å². The van der Waals surface area contributed by atoms with Crippen molar-refractivity contribution in [3.05, 3.63) is 75.7 Å². The second kappa shape index (κ2) is 10.8. The van der Waals surface area contributed by atoms with Gasteiger partial charge in [-0.25, -0.2) is 4.98 Å². The van der Waals surface area contributed by atoms with Crippen LogP contribution in [0.4, 0.5) is 13.2 Å². The molecule has 0 aliphatic rings. The number of hydrogen-bond donors (Lipinski definition) is 0. The Balaban J connectivity index is 1.78. The summed E-state index contributed by atoms with van der Waals surface area (Å²) in [6, 6.07) is 10.5. The molecular weight excluding hydrogens is 497 g/mol. The molecule has 0 unspecified atom stereocenters. The van der Waals surface area contributed by atoms with E-state index in [4.69, 9.17) is 14.2 Å². The lowest BCUT2D eigenvalue weighted by Crippen LogP contribution is -2.18. The fourth-order valence-corrected chi connectivity index (χ4v) is 4.20. The molecule has 0 aliphatic heterocycles. The topological polar surface area (TPSA) is 71.3 Å². The minimum absolute atomic E-state index is 0.227. The van der Waals surface area contributed by atoms with Crippen LogP contribution in [0.15, 0.2) is 58.8 Å². The minimum atomic E-state index is -4.81. The summed E-state index contributed by atoms with van der Waals surface area (Å²) in [6.45, 7) is 0.683. The summed E-state index contributed by atoms with van der Waals surface area (Å²) in [5, 5.41) is 1.73. The van der Waals surface area contributed by atoms with Crippen molar-refractivity contribution in [1.29, 1.82) is 0 Å². The number of alkyl halides is 3. The molecule has 0 bridgehead atoms. The number of halogens is 3. The number of hydrogen-bond acceptors (Lipinski definition) is 7. The van der Waals surface area contributed by atoms with Gasteiger partial charge >= 0.3 is 6.36 Å². The lowest BCUT2D eigenvalue weighted by molar-refractivity contribution is -0.274. The van der Waals surface area contributed by atoms with Crippen molar-refractivity contribution < 1.29 is 32.1 Å². The molecule has 0 radical (unpaired) electrons. The lowest BCUT2D eigenvalue weighted by Gasteiger charge is -2.13. The molecule has 0 spiro atoms. The van der Waals surface area contributed by atoms with Gasteiger partial charge in [-0.05, 0) is 35.9 Å². The number of fused-ring (bicyclic) bond motifs is 1. The summed E-state index contributed by atoms with van der Waals surface area (Å²) in [5.74, 6) is 0.634. The van der Waals surface area contributed by atoms with E-state index >= 15 is 0 Å². The lowest BCUT2D eigenvalue weighted by atomic mass is 10.0. The zero-order valence-electron chi connectivity index (χ0n) is 19.2. The Bertz CT molecular complexity index is 1430. The van der Waals surface area contributed by atoms with Crippen molar-refractivity contribution in [1.82, 2.24) is 9.38 Å². The number of methoxy groups -OCH3 is 2. The second-order valence-electron chi connectivity index (χ2n) is 7.36. The minimum Gasteiger partial charge on any atom is -0.493 e. The number of rotatable bonds is 9. The van der Waals surface area contributed by atoms with E-state index in [1.54, 1.807) is 43.0 Å². The first kappa shape index (κ1) is 25.3. The SMILES string of the molecule is COCCOc1c(/C=C/c2nc3sccn3c(=O)c2-c2ccc(OC(F)(F)F)cc2)cccc1OC. The number of aromatic nitrogens is 2. The van der Waals surface area contributed by atoms with Crippen LogP contribution in [0.1, 0.15) is 11.3 Å². The number of nitrogens with zero attached hydrogens (tertiary/aromatic N) is 2. The van der Waals surface area contributed by atoms with Crippen molar-refractivity contribution in [2.75, 3.05) is 27.4 Å². The predicted molar refractivity (Wildman–Crippen MR) is 131 cm³/mol. The Kier molecular flexibility index (Phi) is 7.61. The van der Waals surface area contributed by atoms with Gasteiger partial charge in [0.1, 0.15) is 12.4 Å². The summed E-state index contributed by atoms with van der Waals surface area (Å²) in [6.07, 6.45) is 0.179. The summed E-state index contributed by atoms with van der Waals surface area (Å²) in [5.41, 5.74) is 1.29. The molecule has 2 heterocycles. The monoisotopic (exact) mass is 518 g/mol. The maximum atomic E-state index is 13.3. The highest BCUT2D eigenvalue weighted by atomic mass is 32.1. The van der Waals surface area contributed by atoms with Crippen LogP contribution in [-0.2, 0) is 4.74 Å². The first-order valence-corrected chi connectivity index (χ1v) is 11.5. The van der Waals surface area contributed by atoms with Crippen LogP contribution in [0.5, 0.6) is 17.2 Å². The Hall–Kier alpha value is -3.83. The molecule has 36 heavy (non-hydrogen) atoms. The highest BCUT2D eigenvalue weighted by Gasteiger charge is 2.31. The summed E-state index contributed by atoms with van der Waals surface area (Å²) >= 11 is 1.29. The Morgan fingerprint density at radius 2 is 1.83 bits per heavy atom. The normalized spacial score (nSPS) is 11.8. The Morgan fingerprint density at radius 1 is 1.06 bits per heavy atom. The molecule has 0 atom stereocenters. The molecular formula is C25H21F3N2O5S. The van der Waals surface area contributed by atoms with Crippen LogP contribution in [0.2, 0.25) is 0 Å². The second-order valence-corrected chi connectivity index (χ2v) is 8.23. The molecule has 0 saturated carbocycles. The average Bonchev–Trinajstić information content (AvgIpc) is 3.32. The Labute approximate surface area is 208 Å². The zero-order chi connectivity index (χ0) is 25.7. The first-order valence-electron chi connectivity index (χ1n) is 10.6. The molecule has 188 valence electrons. The highest BCUT2D eigenvalue weighted by molar-refractivity contribution is 7.15. The molecule has 0 amide bonds. The van der Waals surface area contributed by atoms with Crippen LogP contribution in [0.3, 0.4) is 0 Å². The van der Waals surface area contributed by atoms with Crippen molar-refractivity contribution in [3.8, 4) is 28.4 Å². The third-order valence-corrected chi connectivity index (χ3v) is 5.81. The number of para-hydroxylation sites is 1. The van der Waals surface area contributed by atoms with Gasteiger partial charge in [0, 0.05) is 24.3 Å². The van der Waals surface area contributed by atoms with E-state index in [9.17, 15) is 18.0 Å². The number of ether oxygens (including phenoxy) is 4. The van der Waals surface area contributed by atoms with Crippen LogP contribution < -0.4 is 19.8 Å². The molecule has 0 N–H and O–H groups in total. The predicted octanol–water partition coefficient (Wildman–Crippen LogP) is 5.53.